The van der Waals surface area contributed by atoms with Gasteiger partial charge < -0.3 is 14.4 Å². The predicted octanol–water partition coefficient (Wildman–Crippen LogP) is 6.93. The summed E-state index contributed by atoms with van der Waals surface area (Å²) in [5.74, 6) is 1.40. The van der Waals surface area contributed by atoms with Gasteiger partial charge in [0.25, 0.3) is 0 Å². The highest BCUT2D eigenvalue weighted by Gasteiger charge is 2.25. The lowest BCUT2D eigenvalue weighted by molar-refractivity contribution is -0.139. The van der Waals surface area contributed by atoms with E-state index in [2.05, 4.69) is 86.0 Å². The minimum atomic E-state index is -0.328. The monoisotopic (exact) mass is 413 g/mol. The van der Waals surface area contributed by atoms with Crippen LogP contribution >= 0.6 is 0 Å². The van der Waals surface area contributed by atoms with E-state index < -0.39 is 0 Å². The average Bonchev–Trinajstić information content (AvgIpc) is 2.75. The van der Waals surface area contributed by atoms with Crippen molar-refractivity contribution in [3.05, 3.63) is 89.5 Å². The Morgan fingerprint density at radius 3 is 2.06 bits per heavy atom. The first kappa shape index (κ1) is 20.7. The third kappa shape index (κ3) is 4.48. The van der Waals surface area contributed by atoms with Gasteiger partial charge in [-0.25, -0.2) is 4.79 Å². The van der Waals surface area contributed by atoms with Crippen molar-refractivity contribution in [1.29, 1.82) is 0 Å². The first-order chi connectivity index (χ1) is 14.9. The summed E-state index contributed by atoms with van der Waals surface area (Å²) >= 11 is 0. The topological polar surface area (TPSA) is 38.8 Å². The van der Waals surface area contributed by atoms with Crippen molar-refractivity contribution in [3.63, 3.8) is 0 Å². The maximum absolute atomic E-state index is 11.5. The van der Waals surface area contributed by atoms with Gasteiger partial charge in [0.2, 0.25) is 0 Å². The number of ether oxygens (including phenoxy) is 2. The molecule has 0 unspecified atom stereocenters. The maximum Gasteiger partial charge on any atom is 0.333 e. The number of hydrogen-bond acceptors (Lipinski definition) is 4. The molecule has 0 spiro atoms. The lowest BCUT2D eigenvalue weighted by atomic mass is 10.1. The van der Waals surface area contributed by atoms with Gasteiger partial charge in [0.1, 0.15) is 0 Å². The van der Waals surface area contributed by atoms with Crippen molar-refractivity contribution in [2.75, 3.05) is 11.5 Å². The van der Waals surface area contributed by atoms with E-state index in [1.807, 2.05) is 0 Å². The molecule has 0 bridgehead atoms. The van der Waals surface area contributed by atoms with Gasteiger partial charge in [-0.1, -0.05) is 30.8 Å². The van der Waals surface area contributed by atoms with E-state index in [-0.39, 0.29) is 5.97 Å². The molecular weight excluding hydrogens is 386 g/mol. The normalized spacial score (nSPS) is 11.9. The number of nitrogens with zero attached hydrogens (tertiary/aromatic N) is 1. The Morgan fingerprint density at radius 1 is 0.935 bits per heavy atom. The molecule has 0 atom stereocenters. The lowest BCUT2D eigenvalue weighted by Crippen LogP contribution is -2.16. The predicted molar refractivity (Wildman–Crippen MR) is 125 cm³/mol. The molecule has 0 amide bonds. The van der Waals surface area contributed by atoms with Gasteiger partial charge in [0, 0.05) is 11.3 Å². The van der Waals surface area contributed by atoms with Crippen LogP contribution in [0.25, 0.3) is 0 Å². The van der Waals surface area contributed by atoms with Crippen molar-refractivity contribution in [3.8, 4) is 11.5 Å². The van der Waals surface area contributed by atoms with E-state index in [4.69, 9.17) is 9.47 Å². The van der Waals surface area contributed by atoms with E-state index in [0.717, 1.165) is 52.5 Å². The van der Waals surface area contributed by atoms with Crippen LogP contribution in [0, 0.1) is 13.8 Å². The summed E-state index contributed by atoms with van der Waals surface area (Å²) in [5, 5.41) is 0. The number of carbonyl (C=O) groups excluding carboxylic acids is 1. The number of fused-ring (bicyclic) bond motifs is 2. The van der Waals surface area contributed by atoms with Crippen LogP contribution in [0.5, 0.6) is 11.5 Å². The van der Waals surface area contributed by atoms with Crippen molar-refractivity contribution < 1.29 is 14.3 Å². The number of anilines is 3. The molecule has 4 rings (SSSR count). The molecule has 1 aliphatic rings. The third-order valence-corrected chi connectivity index (χ3v) is 5.32. The molecule has 0 aliphatic carbocycles. The zero-order valence-electron chi connectivity index (χ0n) is 18.3. The average molecular weight is 414 g/mol. The highest BCUT2D eigenvalue weighted by molar-refractivity contribution is 5.87. The van der Waals surface area contributed by atoms with Gasteiger partial charge in [0.05, 0.1) is 18.0 Å². The summed E-state index contributed by atoms with van der Waals surface area (Å²) in [4.78, 5) is 13.7. The SMILES string of the molecule is C=C(C)C(=O)OCCCc1ccc(N2c3ccc(C)cc3Oc3cc(C)ccc32)cc1. The fourth-order valence-electron chi connectivity index (χ4n) is 3.68. The number of rotatable bonds is 6. The standard InChI is InChI=1S/C27H27NO3/c1-18(2)27(29)30-15-5-6-21-9-11-22(12-10-21)28-23-13-7-19(3)16-25(23)31-26-17-20(4)8-14-24(26)28/h7-14,16-17H,1,5-6,15H2,2-4H3. The number of carbonyl (C=O) groups is 1. The van der Waals surface area contributed by atoms with E-state index >= 15 is 0 Å². The second-order valence-corrected chi connectivity index (χ2v) is 8.07. The molecule has 0 N–H and O–H groups in total. The summed E-state index contributed by atoms with van der Waals surface area (Å²) in [6.45, 7) is 9.80. The molecule has 0 aromatic heterocycles. The van der Waals surface area contributed by atoms with Crippen molar-refractivity contribution in [2.24, 2.45) is 0 Å². The minimum absolute atomic E-state index is 0.328. The summed E-state index contributed by atoms with van der Waals surface area (Å²) in [5.41, 5.74) is 7.10. The molecule has 3 aromatic rings. The van der Waals surface area contributed by atoms with Crippen molar-refractivity contribution >= 4 is 23.0 Å². The molecule has 0 radical (unpaired) electrons. The van der Waals surface area contributed by atoms with Gasteiger partial charge in [0.15, 0.2) is 11.5 Å². The summed E-state index contributed by atoms with van der Waals surface area (Å²) in [6.07, 6.45) is 1.62. The van der Waals surface area contributed by atoms with Gasteiger partial charge >= 0.3 is 5.97 Å². The second kappa shape index (κ2) is 8.68. The Labute approximate surface area is 183 Å². The molecule has 31 heavy (non-hydrogen) atoms. The molecule has 3 aromatic carbocycles. The fraction of sp³-hybridized carbons (Fsp3) is 0.222. The molecule has 4 nitrogen and oxygen atoms in total. The number of hydrogen-bond donors (Lipinski definition) is 0. The molecule has 1 aliphatic heterocycles. The Bertz CT molecular complexity index is 1080. The fourth-order valence-corrected chi connectivity index (χ4v) is 3.68. The van der Waals surface area contributed by atoms with Gasteiger partial charge in [-0.3, -0.25) is 0 Å². The van der Waals surface area contributed by atoms with Gasteiger partial charge in [-0.05, 0) is 86.7 Å². The number of esters is 1. The van der Waals surface area contributed by atoms with E-state index in [1.54, 1.807) is 6.92 Å². The van der Waals surface area contributed by atoms with Crippen LogP contribution in [0.2, 0.25) is 0 Å². The Kier molecular flexibility index (Phi) is 5.81. The largest absolute Gasteiger partial charge is 0.462 e. The van der Waals surface area contributed by atoms with Crippen molar-refractivity contribution in [2.45, 2.75) is 33.6 Å². The Morgan fingerprint density at radius 2 is 1.52 bits per heavy atom. The molecule has 4 heteroatoms. The van der Waals surface area contributed by atoms with Gasteiger partial charge in [-0.15, -0.1) is 0 Å². The molecular formula is C27H27NO3. The summed E-state index contributed by atoms with van der Waals surface area (Å²) in [6, 6.07) is 21.1. The van der Waals surface area contributed by atoms with Crippen LogP contribution in [0.1, 0.15) is 30.0 Å². The van der Waals surface area contributed by atoms with E-state index in [0.29, 0.717) is 12.2 Å². The lowest BCUT2D eigenvalue weighted by Gasteiger charge is -2.33. The van der Waals surface area contributed by atoms with Crippen LogP contribution in [-0.2, 0) is 16.0 Å². The Balaban J connectivity index is 1.55. The van der Waals surface area contributed by atoms with Crippen LogP contribution in [0.4, 0.5) is 17.1 Å². The molecule has 1 heterocycles. The first-order valence-corrected chi connectivity index (χ1v) is 10.5. The number of aryl methyl sites for hydroxylation is 3. The highest BCUT2D eigenvalue weighted by Crippen LogP contribution is 2.50. The van der Waals surface area contributed by atoms with Gasteiger partial charge in [-0.2, -0.15) is 0 Å². The zero-order valence-corrected chi connectivity index (χ0v) is 18.3. The smallest absolute Gasteiger partial charge is 0.333 e. The number of benzene rings is 3. The van der Waals surface area contributed by atoms with Crippen LogP contribution in [0.3, 0.4) is 0 Å². The maximum atomic E-state index is 11.5. The quantitative estimate of drug-likeness (QED) is 0.195. The van der Waals surface area contributed by atoms with Crippen molar-refractivity contribution in [1.82, 2.24) is 0 Å². The van der Waals surface area contributed by atoms with Crippen LogP contribution in [-0.4, -0.2) is 12.6 Å². The van der Waals surface area contributed by atoms with E-state index in [9.17, 15) is 4.79 Å². The van der Waals surface area contributed by atoms with E-state index in [1.165, 1.54) is 5.56 Å². The summed E-state index contributed by atoms with van der Waals surface area (Å²) in [7, 11) is 0. The molecule has 0 fully saturated rings. The third-order valence-electron chi connectivity index (χ3n) is 5.32. The molecule has 158 valence electrons. The van der Waals surface area contributed by atoms with Crippen LogP contribution < -0.4 is 9.64 Å². The second-order valence-electron chi connectivity index (χ2n) is 8.07. The van der Waals surface area contributed by atoms with Crippen LogP contribution in [0.15, 0.2) is 72.8 Å². The zero-order chi connectivity index (χ0) is 22.0. The Hall–Kier alpha value is -3.53. The summed E-state index contributed by atoms with van der Waals surface area (Å²) < 4.78 is 11.4. The molecule has 0 saturated heterocycles. The molecule has 0 saturated carbocycles. The first-order valence-electron chi connectivity index (χ1n) is 10.5. The minimum Gasteiger partial charge on any atom is -0.462 e. The highest BCUT2D eigenvalue weighted by atomic mass is 16.5.